The molecule has 3 nitrogen and oxygen atoms in total. The number of methoxy groups -OCH3 is 1. The van der Waals surface area contributed by atoms with Gasteiger partial charge in [-0.05, 0) is 41.8 Å². The van der Waals surface area contributed by atoms with Gasteiger partial charge in [0, 0.05) is 18.0 Å². The summed E-state index contributed by atoms with van der Waals surface area (Å²) < 4.78 is 5.10. The van der Waals surface area contributed by atoms with Crippen LogP contribution in [0.5, 0.6) is 5.75 Å². The second kappa shape index (κ2) is 7.70. The molecule has 0 aliphatic heterocycles. The van der Waals surface area contributed by atoms with Crippen molar-refractivity contribution in [3.63, 3.8) is 0 Å². The maximum absolute atomic E-state index is 11.8. The Morgan fingerprint density at radius 1 is 1.05 bits per heavy atom. The van der Waals surface area contributed by atoms with Crippen LogP contribution < -0.4 is 10.1 Å². The number of halogens is 1. The minimum Gasteiger partial charge on any atom is -0.497 e. The highest BCUT2D eigenvalue weighted by atomic mass is 35.5. The van der Waals surface area contributed by atoms with Crippen molar-refractivity contribution in [3.05, 3.63) is 64.7 Å². The molecule has 0 aliphatic carbocycles. The van der Waals surface area contributed by atoms with Crippen LogP contribution >= 0.6 is 11.6 Å². The van der Waals surface area contributed by atoms with Crippen LogP contribution in [0.15, 0.2) is 48.5 Å². The molecule has 110 valence electrons. The molecule has 1 N–H and O–H groups in total. The predicted molar refractivity (Wildman–Crippen MR) is 84.6 cm³/mol. The van der Waals surface area contributed by atoms with E-state index in [1.165, 1.54) is 0 Å². The molecule has 0 heterocycles. The smallest absolute Gasteiger partial charge is 0.220 e. The number of amides is 1. The van der Waals surface area contributed by atoms with E-state index in [0.29, 0.717) is 18.0 Å². The fraction of sp³-hybridized carbons (Fsp3) is 0.235. The lowest BCUT2D eigenvalue weighted by molar-refractivity contribution is -0.121. The lowest BCUT2D eigenvalue weighted by Gasteiger charge is -2.06. The maximum atomic E-state index is 11.8. The van der Waals surface area contributed by atoms with E-state index in [1.807, 2.05) is 48.5 Å². The summed E-state index contributed by atoms with van der Waals surface area (Å²) in [5.74, 6) is 0.867. The van der Waals surface area contributed by atoms with E-state index in [1.54, 1.807) is 7.11 Å². The molecule has 2 aromatic carbocycles. The first kappa shape index (κ1) is 15.4. The third kappa shape index (κ3) is 5.12. The maximum Gasteiger partial charge on any atom is 0.220 e. The van der Waals surface area contributed by atoms with Gasteiger partial charge < -0.3 is 10.1 Å². The Kier molecular flexibility index (Phi) is 5.64. The first-order chi connectivity index (χ1) is 10.2. The van der Waals surface area contributed by atoms with Crippen molar-refractivity contribution in [1.29, 1.82) is 0 Å². The monoisotopic (exact) mass is 303 g/mol. The summed E-state index contributed by atoms with van der Waals surface area (Å²) in [6.07, 6.45) is 1.19. The largest absolute Gasteiger partial charge is 0.497 e. The summed E-state index contributed by atoms with van der Waals surface area (Å²) in [6.45, 7) is 0.526. The molecular weight excluding hydrogens is 286 g/mol. The van der Waals surface area contributed by atoms with Crippen LogP contribution in [0.4, 0.5) is 0 Å². The molecule has 0 unspecified atom stereocenters. The van der Waals surface area contributed by atoms with Crippen LogP contribution in [0.1, 0.15) is 17.5 Å². The Labute approximate surface area is 129 Å². The number of hydrogen-bond donors (Lipinski definition) is 1. The lowest BCUT2D eigenvalue weighted by Crippen LogP contribution is -2.22. The molecule has 1 amide bonds. The van der Waals surface area contributed by atoms with Crippen molar-refractivity contribution < 1.29 is 9.53 Å². The van der Waals surface area contributed by atoms with Crippen LogP contribution in [0.25, 0.3) is 0 Å². The zero-order valence-electron chi connectivity index (χ0n) is 11.9. The molecule has 0 fully saturated rings. The van der Waals surface area contributed by atoms with Gasteiger partial charge in [-0.2, -0.15) is 0 Å². The molecule has 0 bridgehead atoms. The minimum atomic E-state index is 0.0424. The number of benzene rings is 2. The molecule has 2 aromatic rings. The Hall–Kier alpha value is -2.00. The highest BCUT2D eigenvalue weighted by Gasteiger charge is 2.03. The standard InChI is InChI=1S/C17H18ClNO2/c1-21-16-9-4-13(5-10-16)6-11-17(20)19-12-14-2-7-15(18)8-3-14/h2-5,7-10H,6,11-12H2,1H3,(H,19,20). The van der Waals surface area contributed by atoms with E-state index >= 15 is 0 Å². The van der Waals surface area contributed by atoms with Crippen LogP contribution in [-0.4, -0.2) is 13.0 Å². The number of rotatable bonds is 6. The molecular formula is C17H18ClNO2. The Balaban J connectivity index is 1.75. The van der Waals surface area contributed by atoms with Gasteiger partial charge in [0.2, 0.25) is 5.91 Å². The Morgan fingerprint density at radius 2 is 1.67 bits per heavy atom. The molecule has 21 heavy (non-hydrogen) atoms. The highest BCUT2D eigenvalue weighted by molar-refractivity contribution is 6.30. The number of carbonyl (C=O) groups excluding carboxylic acids is 1. The minimum absolute atomic E-state index is 0.0424. The highest BCUT2D eigenvalue weighted by Crippen LogP contribution is 2.13. The third-order valence-corrected chi connectivity index (χ3v) is 3.45. The van der Waals surface area contributed by atoms with Gasteiger partial charge in [-0.25, -0.2) is 0 Å². The van der Waals surface area contributed by atoms with Gasteiger partial charge in [-0.1, -0.05) is 35.9 Å². The van der Waals surface area contributed by atoms with E-state index in [2.05, 4.69) is 5.32 Å². The molecule has 0 atom stereocenters. The first-order valence-electron chi connectivity index (χ1n) is 6.81. The zero-order valence-corrected chi connectivity index (χ0v) is 12.7. The van der Waals surface area contributed by atoms with Crippen molar-refractivity contribution in [2.75, 3.05) is 7.11 Å². The van der Waals surface area contributed by atoms with Gasteiger partial charge in [-0.15, -0.1) is 0 Å². The van der Waals surface area contributed by atoms with Gasteiger partial charge in [0.1, 0.15) is 5.75 Å². The summed E-state index contributed by atoms with van der Waals surface area (Å²) in [7, 11) is 1.64. The van der Waals surface area contributed by atoms with Crippen LogP contribution in [-0.2, 0) is 17.8 Å². The topological polar surface area (TPSA) is 38.3 Å². The third-order valence-electron chi connectivity index (χ3n) is 3.20. The fourth-order valence-corrected chi connectivity index (χ4v) is 2.07. The normalized spacial score (nSPS) is 10.2. The van der Waals surface area contributed by atoms with Crippen molar-refractivity contribution >= 4 is 17.5 Å². The SMILES string of the molecule is COc1ccc(CCC(=O)NCc2ccc(Cl)cc2)cc1. The average molecular weight is 304 g/mol. The molecule has 0 spiro atoms. The molecule has 0 saturated heterocycles. The quantitative estimate of drug-likeness (QED) is 0.885. The number of carbonyl (C=O) groups is 1. The number of ether oxygens (including phenoxy) is 1. The van der Waals surface area contributed by atoms with Gasteiger partial charge in [0.25, 0.3) is 0 Å². The first-order valence-corrected chi connectivity index (χ1v) is 7.19. The number of nitrogens with one attached hydrogen (secondary N) is 1. The van der Waals surface area contributed by atoms with Crippen molar-refractivity contribution in [2.45, 2.75) is 19.4 Å². The van der Waals surface area contributed by atoms with Gasteiger partial charge in [0.05, 0.1) is 7.11 Å². The summed E-state index contributed by atoms with van der Waals surface area (Å²) in [5.41, 5.74) is 2.16. The number of aryl methyl sites for hydroxylation is 1. The molecule has 4 heteroatoms. The molecule has 0 saturated carbocycles. The van der Waals surface area contributed by atoms with Gasteiger partial charge in [-0.3, -0.25) is 4.79 Å². The average Bonchev–Trinajstić information content (AvgIpc) is 2.53. The summed E-state index contributed by atoms with van der Waals surface area (Å²) in [5, 5.41) is 3.60. The van der Waals surface area contributed by atoms with Gasteiger partial charge in [0.15, 0.2) is 0 Å². The van der Waals surface area contributed by atoms with E-state index in [4.69, 9.17) is 16.3 Å². The van der Waals surface area contributed by atoms with Crippen molar-refractivity contribution in [2.24, 2.45) is 0 Å². The zero-order chi connectivity index (χ0) is 15.1. The summed E-state index contributed by atoms with van der Waals surface area (Å²) in [6, 6.07) is 15.2. The number of hydrogen-bond acceptors (Lipinski definition) is 2. The fourth-order valence-electron chi connectivity index (χ4n) is 1.94. The van der Waals surface area contributed by atoms with E-state index in [9.17, 15) is 4.79 Å². The second-order valence-corrected chi connectivity index (χ2v) is 5.19. The molecule has 0 aliphatic rings. The van der Waals surface area contributed by atoms with Crippen molar-refractivity contribution in [3.8, 4) is 5.75 Å². The van der Waals surface area contributed by atoms with E-state index in [-0.39, 0.29) is 5.91 Å². The van der Waals surface area contributed by atoms with Crippen LogP contribution in [0.3, 0.4) is 0 Å². The Morgan fingerprint density at radius 3 is 2.29 bits per heavy atom. The van der Waals surface area contributed by atoms with Gasteiger partial charge >= 0.3 is 0 Å². The lowest BCUT2D eigenvalue weighted by atomic mass is 10.1. The predicted octanol–water partition coefficient (Wildman–Crippen LogP) is 3.60. The summed E-state index contributed by atoms with van der Waals surface area (Å²) >= 11 is 5.82. The molecule has 0 radical (unpaired) electrons. The van der Waals surface area contributed by atoms with Crippen LogP contribution in [0, 0.1) is 0 Å². The Bertz CT molecular complexity index is 579. The van der Waals surface area contributed by atoms with Crippen LogP contribution in [0.2, 0.25) is 5.02 Å². The molecule has 0 aromatic heterocycles. The van der Waals surface area contributed by atoms with Crippen molar-refractivity contribution in [1.82, 2.24) is 5.32 Å². The second-order valence-electron chi connectivity index (χ2n) is 4.75. The van der Waals surface area contributed by atoms with E-state index < -0.39 is 0 Å². The molecule has 2 rings (SSSR count). The summed E-state index contributed by atoms with van der Waals surface area (Å²) in [4.78, 5) is 11.8. The van der Waals surface area contributed by atoms with E-state index in [0.717, 1.165) is 23.3 Å².